The van der Waals surface area contributed by atoms with Crippen LogP contribution >= 0.6 is 11.8 Å². The van der Waals surface area contributed by atoms with Gasteiger partial charge in [-0.05, 0) is 31.0 Å². The lowest BCUT2D eigenvalue weighted by Crippen LogP contribution is -2.29. The largest absolute Gasteiger partial charge is 0.486 e. The van der Waals surface area contributed by atoms with Crippen molar-refractivity contribution in [2.75, 3.05) is 38.8 Å². The van der Waals surface area contributed by atoms with Crippen molar-refractivity contribution in [1.29, 1.82) is 0 Å². The summed E-state index contributed by atoms with van der Waals surface area (Å²) in [6.45, 7) is 2.11. The number of hydrogen-bond acceptors (Lipinski definition) is 6. The molecule has 0 saturated carbocycles. The summed E-state index contributed by atoms with van der Waals surface area (Å²) in [6.07, 6.45) is 2.00. The van der Waals surface area contributed by atoms with Crippen LogP contribution < -0.4 is 19.5 Å². The third kappa shape index (κ3) is 4.50. The Kier molecular flexibility index (Phi) is 5.74. The minimum atomic E-state index is -3.17. The van der Waals surface area contributed by atoms with Crippen LogP contribution in [0.2, 0.25) is 0 Å². The van der Waals surface area contributed by atoms with Crippen molar-refractivity contribution in [3.8, 4) is 11.5 Å². The molecule has 21 heavy (non-hydrogen) atoms. The maximum Gasteiger partial charge on any atom is 0.212 e. The maximum absolute atomic E-state index is 11.3. The summed E-state index contributed by atoms with van der Waals surface area (Å²) in [4.78, 5) is 1.10. The van der Waals surface area contributed by atoms with Gasteiger partial charge in [-0.3, -0.25) is 0 Å². The molecule has 0 atom stereocenters. The standard InChI is InChI=1S/C13H20N2O4S2/c1-14-21(16,17)6-3-15-9-10-7-11-12(8-13(10)20-2)19-5-4-18-11/h7-8,14-15H,3-6,9H2,1-2H3. The van der Waals surface area contributed by atoms with Gasteiger partial charge in [0.15, 0.2) is 11.5 Å². The zero-order valence-electron chi connectivity index (χ0n) is 12.1. The third-order valence-electron chi connectivity index (χ3n) is 3.12. The molecule has 0 saturated heterocycles. The second-order valence-electron chi connectivity index (χ2n) is 4.51. The predicted octanol–water partition coefficient (Wildman–Crippen LogP) is 0.818. The summed E-state index contributed by atoms with van der Waals surface area (Å²) in [5.74, 6) is 1.58. The minimum Gasteiger partial charge on any atom is -0.486 e. The average Bonchev–Trinajstić information content (AvgIpc) is 2.50. The highest BCUT2D eigenvalue weighted by Gasteiger charge is 2.15. The van der Waals surface area contributed by atoms with Crippen LogP contribution in [-0.4, -0.2) is 47.2 Å². The van der Waals surface area contributed by atoms with Crippen LogP contribution in [0.5, 0.6) is 11.5 Å². The van der Waals surface area contributed by atoms with Gasteiger partial charge in [0.2, 0.25) is 10.0 Å². The zero-order valence-corrected chi connectivity index (χ0v) is 13.8. The summed E-state index contributed by atoms with van der Waals surface area (Å²) < 4.78 is 36.1. The van der Waals surface area contributed by atoms with Crippen LogP contribution in [0, 0.1) is 0 Å². The molecule has 1 aliphatic heterocycles. The highest BCUT2D eigenvalue weighted by atomic mass is 32.2. The number of ether oxygens (including phenoxy) is 2. The molecule has 2 rings (SSSR count). The van der Waals surface area contributed by atoms with Gasteiger partial charge in [-0.15, -0.1) is 11.8 Å². The quantitative estimate of drug-likeness (QED) is 0.569. The third-order valence-corrected chi connectivity index (χ3v) is 5.30. The van der Waals surface area contributed by atoms with Gasteiger partial charge < -0.3 is 14.8 Å². The molecule has 0 radical (unpaired) electrons. The molecule has 0 aliphatic carbocycles. The Hall–Kier alpha value is -0.960. The Balaban J connectivity index is 1.99. The molecular weight excluding hydrogens is 312 g/mol. The van der Waals surface area contributed by atoms with Gasteiger partial charge in [0, 0.05) is 18.0 Å². The van der Waals surface area contributed by atoms with Crippen LogP contribution in [0.1, 0.15) is 5.56 Å². The van der Waals surface area contributed by atoms with Crippen LogP contribution in [0.25, 0.3) is 0 Å². The number of sulfonamides is 1. The van der Waals surface area contributed by atoms with Crippen molar-refractivity contribution in [1.82, 2.24) is 10.0 Å². The van der Waals surface area contributed by atoms with Crippen molar-refractivity contribution < 1.29 is 17.9 Å². The summed E-state index contributed by atoms with van der Waals surface area (Å²) in [5.41, 5.74) is 1.08. The Morgan fingerprint density at radius 1 is 1.24 bits per heavy atom. The van der Waals surface area contributed by atoms with E-state index in [-0.39, 0.29) is 5.75 Å². The topological polar surface area (TPSA) is 76.7 Å². The molecule has 118 valence electrons. The molecule has 0 aromatic heterocycles. The molecule has 2 N–H and O–H groups in total. The van der Waals surface area contributed by atoms with Crippen molar-refractivity contribution in [2.45, 2.75) is 11.4 Å². The van der Waals surface area contributed by atoms with E-state index in [9.17, 15) is 8.42 Å². The Bertz CT molecular complexity index is 590. The molecule has 0 fully saturated rings. The van der Waals surface area contributed by atoms with Gasteiger partial charge in [-0.1, -0.05) is 0 Å². The molecule has 1 aromatic carbocycles. The lowest BCUT2D eigenvalue weighted by atomic mass is 10.2. The maximum atomic E-state index is 11.3. The first-order valence-electron chi connectivity index (χ1n) is 6.64. The molecule has 6 nitrogen and oxygen atoms in total. The van der Waals surface area contributed by atoms with Crippen LogP contribution in [0.3, 0.4) is 0 Å². The monoisotopic (exact) mass is 332 g/mol. The summed E-state index contributed by atoms with van der Waals surface area (Å²) in [6, 6.07) is 3.93. The Morgan fingerprint density at radius 2 is 1.90 bits per heavy atom. The number of rotatable bonds is 7. The van der Waals surface area contributed by atoms with Gasteiger partial charge in [0.1, 0.15) is 13.2 Å². The van der Waals surface area contributed by atoms with Crippen LogP contribution in [0.4, 0.5) is 0 Å². The first-order valence-corrected chi connectivity index (χ1v) is 9.52. The highest BCUT2D eigenvalue weighted by molar-refractivity contribution is 7.98. The smallest absolute Gasteiger partial charge is 0.212 e. The lowest BCUT2D eigenvalue weighted by molar-refractivity contribution is 0.171. The molecule has 1 heterocycles. The van der Waals surface area contributed by atoms with E-state index in [0.717, 1.165) is 22.0 Å². The molecule has 0 unspecified atom stereocenters. The van der Waals surface area contributed by atoms with E-state index >= 15 is 0 Å². The SMILES string of the molecule is CNS(=O)(=O)CCNCc1cc2c(cc1SC)OCCO2. The van der Waals surface area contributed by atoms with Gasteiger partial charge in [-0.2, -0.15) is 0 Å². The van der Waals surface area contributed by atoms with Crippen LogP contribution in [-0.2, 0) is 16.6 Å². The van der Waals surface area contributed by atoms with E-state index in [1.807, 2.05) is 18.4 Å². The molecule has 0 amide bonds. The van der Waals surface area contributed by atoms with Gasteiger partial charge in [0.25, 0.3) is 0 Å². The molecule has 1 aliphatic rings. The second kappa shape index (κ2) is 7.35. The van der Waals surface area contributed by atoms with E-state index < -0.39 is 10.0 Å². The number of thioether (sulfide) groups is 1. The number of hydrogen-bond donors (Lipinski definition) is 2. The van der Waals surface area contributed by atoms with Gasteiger partial charge in [0.05, 0.1) is 5.75 Å². The Labute approximate surface area is 129 Å². The van der Waals surface area contributed by atoms with E-state index in [1.165, 1.54) is 7.05 Å². The lowest BCUT2D eigenvalue weighted by Gasteiger charge is -2.21. The van der Waals surface area contributed by atoms with E-state index in [1.54, 1.807) is 11.8 Å². The summed E-state index contributed by atoms with van der Waals surface area (Å²) in [7, 11) is -1.75. The predicted molar refractivity (Wildman–Crippen MR) is 83.8 cm³/mol. The number of benzene rings is 1. The molecule has 8 heteroatoms. The second-order valence-corrected chi connectivity index (χ2v) is 7.40. The molecular formula is C13H20N2O4S2. The number of fused-ring (bicyclic) bond motifs is 1. The normalized spacial score (nSPS) is 14.2. The fourth-order valence-corrected chi connectivity index (χ4v) is 3.21. The summed E-state index contributed by atoms with van der Waals surface area (Å²) in [5, 5.41) is 3.14. The number of nitrogens with one attached hydrogen (secondary N) is 2. The first kappa shape index (κ1) is 16.4. The van der Waals surface area contributed by atoms with Crippen LogP contribution in [0.15, 0.2) is 17.0 Å². The van der Waals surface area contributed by atoms with Gasteiger partial charge >= 0.3 is 0 Å². The first-order chi connectivity index (χ1) is 10.1. The molecule has 0 spiro atoms. The van der Waals surface area contributed by atoms with Crippen molar-refractivity contribution in [2.24, 2.45) is 0 Å². The molecule has 1 aromatic rings. The highest BCUT2D eigenvalue weighted by Crippen LogP contribution is 2.36. The average molecular weight is 332 g/mol. The van der Waals surface area contributed by atoms with Crippen molar-refractivity contribution in [3.05, 3.63) is 17.7 Å². The fourth-order valence-electron chi connectivity index (χ4n) is 1.97. The fraction of sp³-hybridized carbons (Fsp3) is 0.538. The minimum absolute atomic E-state index is 0.0582. The van der Waals surface area contributed by atoms with E-state index in [2.05, 4.69) is 10.0 Å². The summed E-state index contributed by atoms with van der Waals surface area (Å²) >= 11 is 1.63. The zero-order chi connectivity index (χ0) is 15.3. The van der Waals surface area contributed by atoms with Crippen molar-refractivity contribution >= 4 is 21.8 Å². The Morgan fingerprint density at radius 3 is 2.52 bits per heavy atom. The molecule has 0 bridgehead atoms. The van der Waals surface area contributed by atoms with E-state index in [4.69, 9.17) is 9.47 Å². The van der Waals surface area contributed by atoms with Crippen molar-refractivity contribution in [3.63, 3.8) is 0 Å². The van der Waals surface area contributed by atoms with E-state index in [0.29, 0.717) is 26.3 Å². The van der Waals surface area contributed by atoms with Gasteiger partial charge in [-0.25, -0.2) is 13.1 Å².